The van der Waals surface area contributed by atoms with Gasteiger partial charge in [0.05, 0.1) is 11.4 Å². The molecule has 32 heavy (non-hydrogen) atoms. The Kier molecular flexibility index (Phi) is 5.69. The normalized spacial score (nSPS) is 10.8. The third-order valence-corrected chi connectivity index (χ3v) is 5.70. The van der Waals surface area contributed by atoms with Crippen LogP contribution >= 0.6 is 11.3 Å². The highest BCUT2D eigenvalue weighted by molar-refractivity contribution is 7.20. The second kappa shape index (κ2) is 8.60. The molecule has 0 radical (unpaired) electrons. The maximum atomic E-state index is 13.2. The van der Waals surface area contributed by atoms with Gasteiger partial charge in [-0.1, -0.05) is 0 Å². The van der Waals surface area contributed by atoms with Crippen molar-refractivity contribution < 1.29 is 23.5 Å². The minimum absolute atomic E-state index is 0.314. The second-order valence-corrected chi connectivity index (χ2v) is 7.90. The number of nitrogens with zero attached hydrogens (tertiary/aromatic N) is 2. The third kappa shape index (κ3) is 4.35. The van der Waals surface area contributed by atoms with Gasteiger partial charge in [-0.25, -0.2) is 13.9 Å². The number of hydrogen-bond acceptors (Lipinski definition) is 6. The molecule has 4 aromatic rings. The van der Waals surface area contributed by atoms with Gasteiger partial charge in [0, 0.05) is 16.6 Å². The minimum atomic E-state index is -0.643. The molecular weight excluding hydrogens is 435 g/mol. The number of nitrogens with one attached hydrogen (secondary N) is 1. The summed E-state index contributed by atoms with van der Waals surface area (Å²) in [7, 11) is 0. The van der Waals surface area contributed by atoms with E-state index in [9.17, 15) is 18.8 Å². The molecule has 8 nitrogen and oxygen atoms in total. The Morgan fingerprint density at radius 2 is 1.81 bits per heavy atom. The fraction of sp³-hybridized carbons (Fsp3) is 0.0909. The van der Waals surface area contributed by atoms with Crippen molar-refractivity contribution >= 4 is 45.0 Å². The largest absolute Gasteiger partial charge is 0.451 e. The summed E-state index contributed by atoms with van der Waals surface area (Å²) in [5.41, 5.74) is 7.29. The molecule has 2 aromatic heterocycles. The second-order valence-electron chi connectivity index (χ2n) is 6.87. The standard InChI is InChI=1S/C22H17FN4O4S/c1-12-17-10-18(32-21(17)27(26-12)16-8-4-14(23)5-9-16)22(30)31-11-19(28)25-15-6-2-13(3-7-15)20(24)29/h2-10H,11H2,1H3,(H2,24,29)(H,25,28). The molecule has 2 heterocycles. The number of thiophene rings is 1. The fourth-order valence-corrected chi connectivity index (χ4v) is 4.10. The van der Waals surface area contributed by atoms with Crippen LogP contribution in [0.2, 0.25) is 0 Å². The van der Waals surface area contributed by atoms with Crippen LogP contribution in [-0.4, -0.2) is 34.2 Å². The van der Waals surface area contributed by atoms with E-state index in [2.05, 4.69) is 10.4 Å². The highest BCUT2D eigenvalue weighted by Crippen LogP contribution is 2.30. The van der Waals surface area contributed by atoms with Crippen LogP contribution < -0.4 is 11.1 Å². The first-order valence-electron chi connectivity index (χ1n) is 9.44. The molecule has 0 aliphatic carbocycles. The predicted octanol–water partition coefficient (Wildman–Crippen LogP) is 3.43. The van der Waals surface area contributed by atoms with Crippen molar-refractivity contribution in [3.63, 3.8) is 0 Å². The summed E-state index contributed by atoms with van der Waals surface area (Å²) in [6, 6.07) is 13.5. The third-order valence-electron chi connectivity index (χ3n) is 4.60. The maximum Gasteiger partial charge on any atom is 0.348 e. The molecule has 0 bridgehead atoms. The number of esters is 1. The molecule has 0 unspecified atom stereocenters. The lowest BCUT2D eigenvalue weighted by Crippen LogP contribution is -2.20. The molecular formula is C22H17FN4O4S. The van der Waals surface area contributed by atoms with E-state index in [1.807, 2.05) is 0 Å². The quantitative estimate of drug-likeness (QED) is 0.435. The maximum absolute atomic E-state index is 13.2. The summed E-state index contributed by atoms with van der Waals surface area (Å²) >= 11 is 1.17. The average Bonchev–Trinajstić information content (AvgIpc) is 3.34. The molecule has 0 fully saturated rings. The number of amides is 2. The van der Waals surface area contributed by atoms with Crippen molar-refractivity contribution in [3.05, 3.63) is 76.5 Å². The van der Waals surface area contributed by atoms with Crippen LogP contribution in [0.3, 0.4) is 0 Å². The van der Waals surface area contributed by atoms with Crippen LogP contribution in [0.15, 0.2) is 54.6 Å². The van der Waals surface area contributed by atoms with Gasteiger partial charge >= 0.3 is 5.97 Å². The van der Waals surface area contributed by atoms with Crippen LogP contribution in [0.25, 0.3) is 15.9 Å². The van der Waals surface area contributed by atoms with E-state index in [4.69, 9.17) is 10.5 Å². The van der Waals surface area contributed by atoms with Crippen LogP contribution in [0.5, 0.6) is 0 Å². The van der Waals surface area contributed by atoms with Crippen LogP contribution in [0.4, 0.5) is 10.1 Å². The van der Waals surface area contributed by atoms with Gasteiger partial charge in [0.2, 0.25) is 5.91 Å². The fourth-order valence-electron chi connectivity index (χ4n) is 3.02. The molecule has 0 saturated heterocycles. The van der Waals surface area contributed by atoms with Gasteiger partial charge < -0.3 is 15.8 Å². The van der Waals surface area contributed by atoms with E-state index in [0.29, 0.717) is 32.3 Å². The first-order chi connectivity index (χ1) is 15.3. The summed E-state index contributed by atoms with van der Waals surface area (Å²) in [6.07, 6.45) is 0. The Labute approximate surface area is 185 Å². The number of primary amides is 1. The van der Waals surface area contributed by atoms with Gasteiger partial charge in [0.15, 0.2) is 6.61 Å². The smallest absolute Gasteiger partial charge is 0.348 e. The summed E-state index contributed by atoms with van der Waals surface area (Å²) < 4.78 is 20.0. The van der Waals surface area contributed by atoms with Crippen molar-refractivity contribution in [1.29, 1.82) is 0 Å². The number of carbonyl (C=O) groups is 3. The zero-order valence-electron chi connectivity index (χ0n) is 16.8. The molecule has 0 saturated carbocycles. The van der Waals surface area contributed by atoms with E-state index in [1.54, 1.807) is 29.8 Å². The van der Waals surface area contributed by atoms with E-state index in [0.717, 1.165) is 5.39 Å². The number of aromatic nitrogens is 2. The number of aryl methyl sites for hydroxylation is 1. The Morgan fingerprint density at radius 1 is 1.12 bits per heavy atom. The van der Waals surface area contributed by atoms with Gasteiger partial charge in [-0.15, -0.1) is 11.3 Å². The highest BCUT2D eigenvalue weighted by atomic mass is 32.1. The Balaban J connectivity index is 1.43. The summed E-state index contributed by atoms with van der Waals surface area (Å²) in [5.74, 6) is -2.10. The van der Waals surface area contributed by atoms with Crippen LogP contribution in [0, 0.1) is 12.7 Å². The SMILES string of the molecule is Cc1nn(-c2ccc(F)cc2)c2sc(C(=O)OCC(=O)Nc3ccc(C(N)=O)cc3)cc12. The number of halogens is 1. The molecule has 2 amide bonds. The number of carbonyl (C=O) groups excluding carboxylic acids is 3. The van der Waals surface area contributed by atoms with Crippen molar-refractivity contribution in [2.24, 2.45) is 5.73 Å². The van der Waals surface area contributed by atoms with Crippen molar-refractivity contribution in [2.45, 2.75) is 6.92 Å². The number of fused-ring (bicyclic) bond motifs is 1. The van der Waals surface area contributed by atoms with Gasteiger partial charge in [-0.2, -0.15) is 5.10 Å². The van der Waals surface area contributed by atoms with Crippen molar-refractivity contribution in [2.75, 3.05) is 11.9 Å². The lowest BCUT2D eigenvalue weighted by molar-refractivity contribution is -0.119. The zero-order chi connectivity index (χ0) is 22.8. The molecule has 162 valence electrons. The van der Waals surface area contributed by atoms with Crippen LogP contribution in [0.1, 0.15) is 25.7 Å². The first kappa shape index (κ1) is 21.2. The van der Waals surface area contributed by atoms with Gasteiger partial charge in [-0.3, -0.25) is 9.59 Å². The minimum Gasteiger partial charge on any atom is -0.451 e. The number of ether oxygens (including phenoxy) is 1. The van der Waals surface area contributed by atoms with E-state index < -0.39 is 24.4 Å². The van der Waals surface area contributed by atoms with Crippen molar-refractivity contribution in [1.82, 2.24) is 9.78 Å². The number of hydrogen-bond donors (Lipinski definition) is 2. The summed E-state index contributed by atoms with van der Waals surface area (Å²) in [4.78, 5) is 36.7. The zero-order valence-corrected chi connectivity index (χ0v) is 17.6. The van der Waals surface area contributed by atoms with Crippen molar-refractivity contribution in [3.8, 4) is 5.69 Å². The Hall–Kier alpha value is -4.05. The van der Waals surface area contributed by atoms with E-state index in [-0.39, 0.29) is 5.82 Å². The monoisotopic (exact) mass is 452 g/mol. The highest BCUT2D eigenvalue weighted by Gasteiger charge is 2.19. The van der Waals surface area contributed by atoms with E-state index >= 15 is 0 Å². The summed E-state index contributed by atoms with van der Waals surface area (Å²) in [5, 5.41) is 7.79. The van der Waals surface area contributed by atoms with Gasteiger partial charge in [0.25, 0.3) is 5.91 Å². The predicted molar refractivity (Wildman–Crippen MR) is 118 cm³/mol. The Morgan fingerprint density at radius 3 is 2.47 bits per heavy atom. The molecule has 3 N–H and O–H groups in total. The molecule has 0 atom stereocenters. The van der Waals surface area contributed by atoms with Gasteiger partial charge in [0.1, 0.15) is 15.5 Å². The lowest BCUT2D eigenvalue weighted by atomic mass is 10.2. The van der Waals surface area contributed by atoms with E-state index in [1.165, 1.54) is 47.7 Å². The van der Waals surface area contributed by atoms with Gasteiger partial charge in [-0.05, 0) is 61.5 Å². The van der Waals surface area contributed by atoms with Crippen LogP contribution in [-0.2, 0) is 9.53 Å². The molecule has 0 aliphatic rings. The molecule has 10 heteroatoms. The number of anilines is 1. The number of benzene rings is 2. The molecule has 4 rings (SSSR count). The number of nitrogens with two attached hydrogens (primary N) is 1. The average molecular weight is 452 g/mol. The first-order valence-corrected chi connectivity index (χ1v) is 10.3. The Bertz CT molecular complexity index is 1330. The summed E-state index contributed by atoms with van der Waals surface area (Å²) in [6.45, 7) is 1.33. The molecule has 0 spiro atoms. The lowest BCUT2D eigenvalue weighted by Gasteiger charge is -2.06. The number of rotatable bonds is 6. The molecule has 0 aliphatic heterocycles. The molecule has 2 aromatic carbocycles. The topological polar surface area (TPSA) is 116 Å².